The minimum absolute atomic E-state index is 0.0352. The van der Waals surface area contributed by atoms with Gasteiger partial charge in [-0.05, 0) is 24.6 Å². The Morgan fingerprint density at radius 2 is 2.00 bits per heavy atom. The zero-order valence-corrected chi connectivity index (χ0v) is 14.9. The van der Waals surface area contributed by atoms with Crippen molar-refractivity contribution < 1.29 is 32.0 Å². The first kappa shape index (κ1) is 18.3. The van der Waals surface area contributed by atoms with E-state index in [1.165, 1.54) is 9.80 Å². The van der Waals surface area contributed by atoms with E-state index in [-0.39, 0.29) is 43.0 Å². The summed E-state index contributed by atoms with van der Waals surface area (Å²) < 4.78 is 50.2. The number of benzene rings is 1. The third-order valence-electron chi connectivity index (χ3n) is 4.92. The first-order valence-electron chi connectivity index (χ1n) is 8.69. The van der Waals surface area contributed by atoms with Gasteiger partial charge in [-0.1, -0.05) is 5.16 Å². The van der Waals surface area contributed by atoms with Gasteiger partial charge in [-0.3, -0.25) is 4.79 Å². The molecule has 1 saturated heterocycles. The van der Waals surface area contributed by atoms with Gasteiger partial charge in [0.05, 0.1) is 30.8 Å². The Morgan fingerprint density at radius 1 is 1.29 bits per heavy atom. The van der Waals surface area contributed by atoms with Crippen LogP contribution in [0.2, 0.25) is 0 Å². The van der Waals surface area contributed by atoms with Crippen LogP contribution in [0.4, 0.5) is 23.8 Å². The fourth-order valence-corrected chi connectivity index (χ4v) is 3.48. The molecule has 148 valence electrons. The van der Waals surface area contributed by atoms with Crippen molar-refractivity contribution in [2.45, 2.75) is 32.4 Å². The molecule has 4 rings (SSSR count). The molecule has 1 aromatic carbocycles. The molecule has 2 amide bonds. The molecule has 1 atom stereocenters. The highest BCUT2D eigenvalue weighted by atomic mass is 19.2. The minimum atomic E-state index is -1.57. The van der Waals surface area contributed by atoms with Gasteiger partial charge in [0, 0.05) is 12.5 Å². The van der Waals surface area contributed by atoms with E-state index in [9.17, 15) is 22.8 Å². The number of amides is 2. The first-order chi connectivity index (χ1) is 13.3. The van der Waals surface area contributed by atoms with E-state index in [1.54, 1.807) is 0 Å². The summed E-state index contributed by atoms with van der Waals surface area (Å²) in [5.41, 5.74) is 1.28. The molecule has 0 saturated carbocycles. The first-order valence-corrected chi connectivity index (χ1v) is 8.69. The molecule has 0 N–H and O–H groups in total. The van der Waals surface area contributed by atoms with Gasteiger partial charge in [0.15, 0.2) is 17.5 Å². The fraction of sp³-hybridized carbons (Fsp3) is 0.389. The number of cyclic esters (lactones) is 1. The molecule has 0 unspecified atom stereocenters. The second kappa shape index (κ2) is 6.84. The second-order valence-electron chi connectivity index (χ2n) is 6.80. The maximum atomic E-state index is 13.4. The minimum Gasteiger partial charge on any atom is -0.447 e. The highest BCUT2D eigenvalue weighted by Gasteiger charge is 2.36. The number of halogens is 3. The monoisotopic (exact) mass is 395 g/mol. The number of aromatic nitrogens is 1. The number of carbonyl (C=O) groups excluding carboxylic acids is 2. The summed E-state index contributed by atoms with van der Waals surface area (Å²) >= 11 is 0. The molecule has 1 fully saturated rings. The predicted molar refractivity (Wildman–Crippen MR) is 88.9 cm³/mol. The van der Waals surface area contributed by atoms with Crippen LogP contribution < -0.4 is 4.90 Å². The van der Waals surface area contributed by atoms with Gasteiger partial charge in [0.2, 0.25) is 11.8 Å². The number of anilines is 1. The Bertz CT molecular complexity index is 939. The van der Waals surface area contributed by atoms with Crippen LogP contribution in [0.3, 0.4) is 0 Å². The lowest BCUT2D eigenvalue weighted by Crippen LogP contribution is -2.43. The van der Waals surface area contributed by atoms with Crippen molar-refractivity contribution in [2.75, 3.05) is 18.1 Å². The molecule has 0 aliphatic carbocycles. The summed E-state index contributed by atoms with van der Waals surface area (Å²) in [4.78, 5) is 27.4. The number of fused-ring (bicyclic) bond motifs is 1. The van der Waals surface area contributed by atoms with Crippen molar-refractivity contribution >= 4 is 17.9 Å². The molecule has 3 heterocycles. The van der Waals surface area contributed by atoms with Crippen molar-refractivity contribution in [3.63, 3.8) is 0 Å². The van der Waals surface area contributed by atoms with Gasteiger partial charge >= 0.3 is 6.09 Å². The Balaban J connectivity index is 1.56. The van der Waals surface area contributed by atoms with E-state index in [1.807, 2.05) is 6.92 Å². The quantitative estimate of drug-likeness (QED) is 0.747. The topological polar surface area (TPSA) is 75.9 Å². The normalized spacial score (nSPS) is 19.0. The van der Waals surface area contributed by atoms with Gasteiger partial charge in [-0.2, -0.15) is 0 Å². The van der Waals surface area contributed by atoms with E-state index < -0.39 is 23.5 Å². The van der Waals surface area contributed by atoms with Crippen LogP contribution in [-0.2, 0) is 28.9 Å². The second-order valence-corrected chi connectivity index (χ2v) is 6.80. The van der Waals surface area contributed by atoms with Gasteiger partial charge in [0.1, 0.15) is 6.61 Å². The largest absolute Gasteiger partial charge is 0.447 e. The Kier molecular flexibility index (Phi) is 4.48. The van der Waals surface area contributed by atoms with Crippen molar-refractivity contribution in [1.29, 1.82) is 0 Å². The molecule has 2 aromatic rings. The lowest BCUT2D eigenvalue weighted by molar-refractivity contribution is -0.133. The summed E-state index contributed by atoms with van der Waals surface area (Å²) in [5, 5.41) is 3.99. The summed E-state index contributed by atoms with van der Waals surface area (Å²) in [5.74, 6) is -4.41. The smallest absolute Gasteiger partial charge is 0.416 e. The van der Waals surface area contributed by atoms with E-state index in [0.29, 0.717) is 24.2 Å². The van der Waals surface area contributed by atoms with Crippen molar-refractivity contribution in [2.24, 2.45) is 0 Å². The SMILES string of the molecule is C[C@H]1Cc2noc(N3CCOC3=O)c2CN1C(=O)Cc1cc(F)c(F)c(F)c1. The van der Waals surface area contributed by atoms with E-state index in [2.05, 4.69) is 5.16 Å². The Hall–Kier alpha value is -3.04. The Labute approximate surface area is 157 Å². The number of hydrogen-bond acceptors (Lipinski definition) is 5. The Morgan fingerprint density at radius 3 is 2.64 bits per heavy atom. The number of hydrogen-bond donors (Lipinski definition) is 0. The summed E-state index contributed by atoms with van der Waals surface area (Å²) in [6, 6.07) is 1.38. The standard InChI is InChI=1S/C18H16F3N3O4/c1-9-4-14-11(17(28-22-14)23-2-3-27-18(23)26)8-24(9)15(25)7-10-5-12(19)16(21)13(20)6-10/h5-6,9H,2-4,7-8H2,1H3/t9-/m0/s1. The average Bonchev–Trinajstić information content (AvgIpc) is 3.24. The van der Waals surface area contributed by atoms with Gasteiger partial charge < -0.3 is 14.2 Å². The lowest BCUT2D eigenvalue weighted by Gasteiger charge is -2.33. The van der Waals surface area contributed by atoms with Gasteiger partial charge in [0.25, 0.3) is 0 Å². The molecule has 28 heavy (non-hydrogen) atoms. The molecule has 0 radical (unpaired) electrons. The maximum Gasteiger partial charge on any atom is 0.416 e. The number of carbonyl (C=O) groups is 2. The molecule has 0 bridgehead atoms. The molecule has 2 aliphatic rings. The summed E-state index contributed by atoms with van der Waals surface area (Å²) in [7, 11) is 0. The molecule has 2 aliphatic heterocycles. The number of rotatable bonds is 3. The lowest BCUT2D eigenvalue weighted by atomic mass is 9.99. The highest BCUT2D eigenvalue weighted by molar-refractivity contribution is 5.89. The fourth-order valence-electron chi connectivity index (χ4n) is 3.48. The van der Waals surface area contributed by atoms with Crippen molar-refractivity contribution in [1.82, 2.24) is 10.1 Å². The predicted octanol–water partition coefficient (Wildman–Crippen LogP) is 2.56. The zero-order valence-electron chi connectivity index (χ0n) is 14.9. The average molecular weight is 395 g/mol. The number of ether oxygens (including phenoxy) is 1. The third kappa shape index (κ3) is 3.08. The molecular formula is C18H16F3N3O4. The van der Waals surface area contributed by atoms with Crippen molar-refractivity contribution in [3.8, 4) is 0 Å². The third-order valence-corrected chi connectivity index (χ3v) is 4.92. The van der Waals surface area contributed by atoms with Crippen LogP contribution in [0.1, 0.15) is 23.7 Å². The maximum absolute atomic E-state index is 13.4. The van der Waals surface area contributed by atoms with E-state index in [4.69, 9.17) is 9.26 Å². The number of nitrogens with zero attached hydrogens (tertiary/aromatic N) is 3. The van der Waals surface area contributed by atoms with Crippen LogP contribution in [0, 0.1) is 17.5 Å². The van der Waals surface area contributed by atoms with Gasteiger partial charge in [-0.25, -0.2) is 22.9 Å². The van der Waals surface area contributed by atoms with Crippen LogP contribution in [0.25, 0.3) is 0 Å². The van der Waals surface area contributed by atoms with E-state index >= 15 is 0 Å². The zero-order chi connectivity index (χ0) is 20.0. The molecular weight excluding hydrogens is 379 g/mol. The molecule has 1 aromatic heterocycles. The summed E-state index contributed by atoms with van der Waals surface area (Å²) in [6.45, 7) is 2.49. The molecule has 0 spiro atoms. The van der Waals surface area contributed by atoms with Crippen LogP contribution in [0.15, 0.2) is 16.7 Å². The van der Waals surface area contributed by atoms with Crippen molar-refractivity contribution in [3.05, 3.63) is 46.4 Å². The summed E-state index contributed by atoms with van der Waals surface area (Å²) in [6.07, 6.45) is -0.438. The van der Waals surface area contributed by atoms with E-state index in [0.717, 1.165) is 12.1 Å². The molecule has 10 heteroatoms. The van der Waals surface area contributed by atoms with Crippen LogP contribution >= 0.6 is 0 Å². The molecule has 7 nitrogen and oxygen atoms in total. The van der Waals surface area contributed by atoms with Crippen LogP contribution in [-0.4, -0.2) is 41.3 Å². The van der Waals surface area contributed by atoms with Gasteiger partial charge in [-0.15, -0.1) is 0 Å². The van der Waals surface area contributed by atoms with Crippen LogP contribution in [0.5, 0.6) is 0 Å². The highest BCUT2D eigenvalue weighted by Crippen LogP contribution is 2.33.